The van der Waals surface area contributed by atoms with Crippen molar-refractivity contribution in [3.05, 3.63) is 12.2 Å². The molecule has 0 radical (unpaired) electrons. The largest absolute Gasteiger partial charge is 0.307 e. The van der Waals surface area contributed by atoms with Gasteiger partial charge in [0.25, 0.3) is 0 Å². The van der Waals surface area contributed by atoms with Crippen molar-refractivity contribution in [2.45, 2.75) is 137 Å². The molecule has 0 aliphatic carbocycles. The van der Waals surface area contributed by atoms with Crippen LogP contribution < -0.4 is 5.32 Å². The molecule has 0 fully saturated rings. The van der Waals surface area contributed by atoms with Gasteiger partial charge in [0, 0.05) is 20.3 Å². The fourth-order valence-electron chi connectivity index (χ4n) is 5.07. The van der Waals surface area contributed by atoms with Crippen molar-refractivity contribution in [2.75, 3.05) is 19.6 Å². The van der Waals surface area contributed by atoms with Crippen LogP contribution in [0.2, 0.25) is 0 Å². The van der Waals surface area contributed by atoms with Crippen LogP contribution in [0.25, 0.3) is 0 Å². The number of amides is 1. The number of likely N-dealkylation sites (N-methyl/N-ethyl adjacent to an activating group) is 1. The maximum atomic E-state index is 11.5. The quantitative estimate of drug-likeness (QED) is 0.117. The molecular weight excluding hydrogens is 394 g/mol. The molecular formula is C28H54N3O+. The van der Waals surface area contributed by atoms with Crippen LogP contribution in [-0.2, 0) is 4.79 Å². The van der Waals surface area contributed by atoms with E-state index in [1.165, 1.54) is 102 Å². The number of unbranched alkanes of at least 4 members (excludes halogenated alkanes) is 13. The lowest BCUT2D eigenvalue weighted by atomic mass is 10.0. The number of nitrogens with zero attached hydrogens (tertiary/aromatic N) is 2. The van der Waals surface area contributed by atoms with Crippen molar-refractivity contribution in [1.29, 1.82) is 0 Å². The summed E-state index contributed by atoms with van der Waals surface area (Å²) in [5.41, 5.74) is 0. The Morgan fingerprint density at radius 1 is 0.906 bits per heavy atom. The van der Waals surface area contributed by atoms with Crippen LogP contribution in [0.15, 0.2) is 17.1 Å². The highest BCUT2D eigenvalue weighted by molar-refractivity contribution is 5.78. The van der Waals surface area contributed by atoms with Gasteiger partial charge in [0.1, 0.15) is 6.54 Å². The molecule has 1 aliphatic heterocycles. The molecule has 4 heteroatoms. The molecule has 1 N–H and O–H groups in total. The molecule has 32 heavy (non-hydrogen) atoms. The molecule has 2 unspecified atom stereocenters. The highest BCUT2D eigenvalue weighted by atomic mass is 16.1. The Morgan fingerprint density at radius 3 is 1.97 bits per heavy atom. The topological polar surface area (TPSA) is 41.5 Å². The first-order chi connectivity index (χ1) is 15.6. The van der Waals surface area contributed by atoms with E-state index in [0.717, 1.165) is 30.5 Å². The first-order valence-corrected chi connectivity index (χ1v) is 13.9. The van der Waals surface area contributed by atoms with E-state index in [2.05, 4.69) is 38.2 Å². The molecule has 1 amide bonds. The average molecular weight is 449 g/mol. The van der Waals surface area contributed by atoms with Crippen LogP contribution in [0.4, 0.5) is 0 Å². The predicted molar refractivity (Wildman–Crippen MR) is 140 cm³/mol. The molecule has 0 bridgehead atoms. The molecule has 0 aromatic heterocycles. The van der Waals surface area contributed by atoms with Gasteiger partial charge in [0.05, 0.1) is 13.1 Å². The Hall–Kier alpha value is -1.16. The zero-order valence-corrected chi connectivity index (χ0v) is 22.0. The minimum absolute atomic E-state index is 0.0599. The molecule has 0 saturated carbocycles. The Labute approximate surface area is 199 Å². The number of quaternary nitrogens is 1. The van der Waals surface area contributed by atoms with Gasteiger partial charge in [-0.2, -0.15) is 0 Å². The number of carbonyl (C=O) groups is 1. The number of nitrogens with one attached hydrogen (secondary N) is 1. The number of aliphatic imine (C=N–C) groups is 1. The Balaban J connectivity index is 1.99. The van der Waals surface area contributed by atoms with Crippen molar-refractivity contribution in [1.82, 2.24) is 5.32 Å². The fourth-order valence-corrected chi connectivity index (χ4v) is 5.07. The van der Waals surface area contributed by atoms with E-state index in [1.807, 2.05) is 0 Å². The monoisotopic (exact) mass is 448 g/mol. The highest BCUT2D eigenvalue weighted by Gasteiger charge is 2.41. The summed E-state index contributed by atoms with van der Waals surface area (Å²) in [6.45, 7) is 11.2. The summed E-state index contributed by atoms with van der Waals surface area (Å²) in [6, 6.07) is 0. The van der Waals surface area contributed by atoms with Crippen molar-refractivity contribution in [3.63, 3.8) is 0 Å². The molecule has 1 rings (SSSR count). The number of hydrogen-bond donors (Lipinski definition) is 1. The zero-order chi connectivity index (χ0) is 23.5. The molecule has 0 aromatic rings. The number of hydrogen-bond acceptors (Lipinski definition) is 2. The summed E-state index contributed by atoms with van der Waals surface area (Å²) < 4.78 is 0.856. The number of allylic oxidation sites excluding steroid dienone is 2. The van der Waals surface area contributed by atoms with E-state index in [9.17, 15) is 4.79 Å². The van der Waals surface area contributed by atoms with Crippen LogP contribution in [-0.4, -0.2) is 42.0 Å². The van der Waals surface area contributed by atoms with E-state index in [4.69, 9.17) is 4.99 Å². The number of carbonyl (C=O) groups excluding carboxylic acids is 1. The summed E-state index contributed by atoms with van der Waals surface area (Å²) >= 11 is 0. The van der Waals surface area contributed by atoms with Crippen LogP contribution in [0.5, 0.6) is 0 Å². The van der Waals surface area contributed by atoms with E-state index in [0.29, 0.717) is 0 Å². The van der Waals surface area contributed by atoms with E-state index >= 15 is 0 Å². The van der Waals surface area contributed by atoms with E-state index in [1.54, 1.807) is 6.92 Å². The second-order valence-electron chi connectivity index (χ2n) is 9.79. The standard InChI is InChI=1S/C28H53N3O/c1-5-7-8-9-10-11-12-13-14-15-16-17-18-19-20-21-22-23-28-29-24-25-31(28,6-2)26(3)30-27(4)32/h9-10,26H,5-8,11-25H2,1-4H3/p+1/b10-9+. The third-order valence-electron chi connectivity index (χ3n) is 7.19. The molecule has 0 spiro atoms. The Bertz CT molecular complexity index is 543. The molecule has 186 valence electrons. The molecule has 4 nitrogen and oxygen atoms in total. The predicted octanol–water partition coefficient (Wildman–Crippen LogP) is 7.54. The molecule has 1 heterocycles. The Kier molecular flexibility index (Phi) is 16.5. The number of rotatable bonds is 20. The van der Waals surface area contributed by atoms with Crippen molar-refractivity contribution in [2.24, 2.45) is 4.99 Å². The smallest absolute Gasteiger partial charge is 0.221 e. The van der Waals surface area contributed by atoms with Gasteiger partial charge in [0.15, 0.2) is 12.0 Å². The number of amidine groups is 1. The normalized spacial score (nSPS) is 19.4. The summed E-state index contributed by atoms with van der Waals surface area (Å²) in [5, 5.41) is 3.11. The highest BCUT2D eigenvalue weighted by Crippen LogP contribution is 2.23. The van der Waals surface area contributed by atoms with E-state index < -0.39 is 0 Å². The van der Waals surface area contributed by atoms with Crippen LogP contribution >= 0.6 is 0 Å². The first kappa shape index (κ1) is 28.9. The lowest BCUT2D eigenvalue weighted by Gasteiger charge is -2.39. The van der Waals surface area contributed by atoms with Crippen LogP contribution in [0, 0.1) is 0 Å². The van der Waals surface area contributed by atoms with Gasteiger partial charge in [-0.25, -0.2) is 4.99 Å². The van der Waals surface area contributed by atoms with Gasteiger partial charge in [-0.3, -0.25) is 9.28 Å². The maximum Gasteiger partial charge on any atom is 0.221 e. The molecule has 0 saturated heterocycles. The van der Waals surface area contributed by atoms with Gasteiger partial charge < -0.3 is 5.32 Å². The third kappa shape index (κ3) is 11.6. The van der Waals surface area contributed by atoms with Crippen LogP contribution in [0.1, 0.15) is 130 Å². The third-order valence-corrected chi connectivity index (χ3v) is 7.19. The van der Waals surface area contributed by atoms with Crippen LogP contribution in [0.3, 0.4) is 0 Å². The lowest BCUT2D eigenvalue weighted by Crippen LogP contribution is -2.62. The van der Waals surface area contributed by atoms with Gasteiger partial charge in [-0.05, 0) is 32.6 Å². The SMILES string of the molecule is CCCC/C=C/CCCCCCCCCCCCCC1=NCC[N+]1(CC)C(C)NC(C)=O. The summed E-state index contributed by atoms with van der Waals surface area (Å²) in [7, 11) is 0. The van der Waals surface area contributed by atoms with Gasteiger partial charge in [-0.15, -0.1) is 0 Å². The van der Waals surface area contributed by atoms with Gasteiger partial charge in [0.2, 0.25) is 5.91 Å². The van der Waals surface area contributed by atoms with E-state index in [-0.39, 0.29) is 12.1 Å². The van der Waals surface area contributed by atoms with Crippen molar-refractivity contribution >= 4 is 11.7 Å². The zero-order valence-electron chi connectivity index (χ0n) is 22.0. The molecule has 0 aromatic carbocycles. The second-order valence-corrected chi connectivity index (χ2v) is 9.79. The fraction of sp³-hybridized carbons (Fsp3) is 0.857. The second kappa shape index (κ2) is 18.3. The first-order valence-electron chi connectivity index (χ1n) is 13.9. The van der Waals surface area contributed by atoms with Gasteiger partial charge >= 0.3 is 0 Å². The maximum absolute atomic E-state index is 11.5. The lowest BCUT2D eigenvalue weighted by molar-refractivity contribution is -0.861. The van der Waals surface area contributed by atoms with Gasteiger partial charge in [-0.1, -0.05) is 89.7 Å². The summed E-state index contributed by atoms with van der Waals surface area (Å²) in [5.74, 6) is 1.37. The van der Waals surface area contributed by atoms with Crippen molar-refractivity contribution in [3.8, 4) is 0 Å². The minimum Gasteiger partial charge on any atom is -0.307 e. The summed E-state index contributed by atoms with van der Waals surface area (Å²) in [4.78, 5) is 16.4. The average Bonchev–Trinajstić information content (AvgIpc) is 3.19. The van der Waals surface area contributed by atoms with Crippen molar-refractivity contribution < 1.29 is 9.28 Å². The summed E-state index contributed by atoms with van der Waals surface area (Å²) in [6.07, 6.45) is 26.3. The Morgan fingerprint density at radius 2 is 1.44 bits per heavy atom. The molecule has 2 atom stereocenters. The minimum atomic E-state index is 0.0599. The molecule has 1 aliphatic rings.